The lowest BCUT2D eigenvalue weighted by atomic mass is 9.81. The molecule has 4 aromatic rings. The van der Waals surface area contributed by atoms with Crippen molar-refractivity contribution in [2.75, 3.05) is 13.2 Å². The van der Waals surface area contributed by atoms with E-state index in [9.17, 15) is 14.7 Å². The molecule has 9 nitrogen and oxygen atoms in total. The van der Waals surface area contributed by atoms with Gasteiger partial charge in [-0.05, 0) is 66.9 Å². The molecule has 2 aliphatic heterocycles. The second-order valence-electron chi connectivity index (χ2n) is 11.4. The van der Waals surface area contributed by atoms with Crippen molar-refractivity contribution < 1.29 is 23.8 Å². The van der Waals surface area contributed by atoms with E-state index in [0.29, 0.717) is 44.0 Å². The lowest BCUT2D eigenvalue weighted by Crippen LogP contribution is -2.25. The Kier molecular flexibility index (Phi) is 6.74. The number of rotatable bonds is 5. The van der Waals surface area contributed by atoms with Crippen molar-refractivity contribution in [1.29, 1.82) is 0 Å². The van der Waals surface area contributed by atoms with Gasteiger partial charge in [0.25, 0.3) is 0 Å². The van der Waals surface area contributed by atoms with Crippen molar-refractivity contribution in [2.24, 2.45) is 5.92 Å². The maximum atomic E-state index is 12.9. The number of benzene rings is 2. The highest BCUT2D eigenvalue weighted by Crippen LogP contribution is 2.47. The smallest absolute Gasteiger partial charge is 0.449 e. The van der Waals surface area contributed by atoms with Crippen LogP contribution in [-0.4, -0.2) is 38.8 Å². The van der Waals surface area contributed by atoms with E-state index in [4.69, 9.17) is 13.9 Å². The largest absolute Gasteiger partial charge is 0.511 e. The first kappa shape index (κ1) is 25.8. The lowest BCUT2D eigenvalue weighted by molar-refractivity contribution is 0.0595. The van der Waals surface area contributed by atoms with Crippen LogP contribution in [0.1, 0.15) is 67.9 Å². The first-order valence-corrected chi connectivity index (χ1v) is 14.6. The summed E-state index contributed by atoms with van der Waals surface area (Å²) in [5.74, 6) is 0.857. The average Bonchev–Trinajstić information content (AvgIpc) is 3.44. The zero-order valence-corrected chi connectivity index (χ0v) is 22.9. The van der Waals surface area contributed by atoms with E-state index in [1.807, 2.05) is 24.3 Å². The molecule has 0 unspecified atom stereocenters. The summed E-state index contributed by atoms with van der Waals surface area (Å²) in [7, 11) is 0. The first-order valence-electron chi connectivity index (χ1n) is 14.6. The highest BCUT2D eigenvalue weighted by atomic mass is 16.7. The summed E-state index contributed by atoms with van der Waals surface area (Å²) in [6, 6.07) is 13.8. The summed E-state index contributed by atoms with van der Waals surface area (Å²) >= 11 is 0. The van der Waals surface area contributed by atoms with Crippen LogP contribution in [0, 0.1) is 5.92 Å². The van der Waals surface area contributed by atoms with Gasteiger partial charge in [0, 0.05) is 35.8 Å². The van der Waals surface area contributed by atoms with Gasteiger partial charge in [-0.1, -0.05) is 43.5 Å². The number of nitrogens with zero attached hydrogens (tertiary/aromatic N) is 3. The highest BCUT2D eigenvalue weighted by molar-refractivity contribution is 5.98. The molecule has 2 aromatic carbocycles. The van der Waals surface area contributed by atoms with Gasteiger partial charge in [-0.25, -0.2) is 9.59 Å². The van der Waals surface area contributed by atoms with Crippen molar-refractivity contribution in [1.82, 2.24) is 14.3 Å². The molecule has 0 atom stereocenters. The van der Waals surface area contributed by atoms with Crippen LogP contribution in [-0.2, 0) is 17.8 Å². The fourth-order valence-electron chi connectivity index (χ4n) is 6.88. The SMILES string of the molecule is O=C(O)Oc1ccc2c(C3CCCCC3)c3n(c2c1)CC(c1nn(CC2CCOCC2)c(=O)o1)=Cc1ccccc1-3. The van der Waals surface area contributed by atoms with E-state index in [1.165, 1.54) is 29.5 Å². The van der Waals surface area contributed by atoms with Crippen LogP contribution in [0.4, 0.5) is 4.79 Å². The first-order chi connectivity index (χ1) is 20.0. The van der Waals surface area contributed by atoms with Crippen LogP contribution in [0.5, 0.6) is 5.75 Å². The number of fused-ring (bicyclic) bond motifs is 5. The Hall–Kier alpha value is -4.11. The van der Waals surface area contributed by atoms with Crippen LogP contribution in [0.3, 0.4) is 0 Å². The normalized spacial score (nSPS) is 18.0. The maximum Gasteiger partial charge on any atom is 0.511 e. The van der Waals surface area contributed by atoms with Crippen LogP contribution < -0.4 is 10.5 Å². The molecule has 1 aliphatic carbocycles. The van der Waals surface area contributed by atoms with Gasteiger partial charge in [0.15, 0.2) is 0 Å². The Morgan fingerprint density at radius 1 is 1.05 bits per heavy atom. The van der Waals surface area contributed by atoms with Crippen LogP contribution in [0.2, 0.25) is 0 Å². The van der Waals surface area contributed by atoms with Crippen LogP contribution in [0.15, 0.2) is 51.7 Å². The highest BCUT2D eigenvalue weighted by Gasteiger charge is 2.30. The summed E-state index contributed by atoms with van der Waals surface area (Å²) in [5.41, 5.74) is 6.25. The summed E-state index contributed by atoms with van der Waals surface area (Å²) < 4.78 is 20.0. The number of hydrogen-bond donors (Lipinski definition) is 1. The van der Waals surface area contributed by atoms with E-state index < -0.39 is 11.9 Å². The van der Waals surface area contributed by atoms with E-state index in [-0.39, 0.29) is 5.75 Å². The van der Waals surface area contributed by atoms with Crippen LogP contribution >= 0.6 is 0 Å². The third-order valence-electron chi connectivity index (χ3n) is 8.82. The Balaban J connectivity index is 1.38. The van der Waals surface area contributed by atoms with Gasteiger partial charge in [-0.15, -0.1) is 5.10 Å². The Bertz CT molecular complexity index is 1700. The topological polar surface area (TPSA) is 109 Å². The number of aromatic nitrogens is 3. The zero-order chi connectivity index (χ0) is 27.9. The second kappa shape index (κ2) is 10.7. The van der Waals surface area contributed by atoms with Crippen molar-refractivity contribution in [3.63, 3.8) is 0 Å². The fourth-order valence-corrected chi connectivity index (χ4v) is 6.88. The predicted octanol–water partition coefficient (Wildman–Crippen LogP) is 6.54. The molecule has 0 bridgehead atoms. The van der Waals surface area contributed by atoms with Crippen molar-refractivity contribution in [3.8, 4) is 17.0 Å². The molecule has 7 rings (SSSR count). The number of allylic oxidation sites excluding steroid dienone is 1. The average molecular weight is 556 g/mol. The number of hydrogen-bond acceptors (Lipinski definition) is 6. The minimum Gasteiger partial charge on any atom is -0.449 e. The molecule has 0 radical (unpaired) electrons. The van der Waals surface area contributed by atoms with Crippen molar-refractivity contribution in [2.45, 2.75) is 64.0 Å². The lowest BCUT2D eigenvalue weighted by Gasteiger charge is -2.24. The predicted molar refractivity (Wildman–Crippen MR) is 154 cm³/mol. The van der Waals surface area contributed by atoms with Crippen LogP contribution in [0.25, 0.3) is 33.8 Å². The van der Waals surface area contributed by atoms with E-state index in [0.717, 1.165) is 59.0 Å². The number of ether oxygens (including phenoxy) is 2. The summed E-state index contributed by atoms with van der Waals surface area (Å²) in [6.07, 6.45) is 8.39. The molecule has 9 heteroatoms. The van der Waals surface area contributed by atoms with E-state index in [2.05, 4.69) is 27.9 Å². The van der Waals surface area contributed by atoms with Gasteiger partial charge in [0.05, 0.1) is 24.3 Å². The van der Waals surface area contributed by atoms with Crippen molar-refractivity contribution >= 4 is 28.7 Å². The molecular weight excluding hydrogens is 522 g/mol. The molecule has 41 heavy (non-hydrogen) atoms. The molecule has 3 aliphatic rings. The summed E-state index contributed by atoms with van der Waals surface area (Å²) in [6.45, 7) is 2.33. The quantitative estimate of drug-likeness (QED) is 0.220. The monoisotopic (exact) mass is 555 g/mol. The fraction of sp³-hybridized carbons (Fsp3) is 0.406. The Labute approximate surface area is 237 Å². The molecule has 2 fully saturated rings. The second-order valence-corrected chi connectivity index (χ2v) is 11.4. The molecule has 4 heterocycles. The molecular formula is C32H33N3O6. The molecule has 2 aromatic heterocycles. The van der Waals surface area contributed by atoms with Gasteiger partial charge >= 0.3 is 11.9 Å². The summed E-state index contributed by atoms with van der Waals surface area (Å²) in [4.78, 5) is 24.3. The number of carbonyl (C=O) groups is 1. The van der Waals surface area contributed by atoms with Gasteiger partial charge in [0.2, 0.25) is 5.89 Å². The van der Waals surface area contributed by atoms with Gasteiger partial charge in [-0.3, -0.25) is 0 Å². The van der Waals surface area contributed by atoms with E-state index >= 15 is 0 Å². The molecule has 0 spiro atoms. The van der Waals surface area contributed by atoms with Gasteiger partial charge in [0.1, 0.15) is 5.75 Å². The molecule has 1 saturated carbocycles. The third-order valence-corrected chi connectivity index (χ3v) is 8.82. The van der Waals surface area contributed by atoms with Gasteiger partial charge in [-0.2, -0.15) is 4.68 Å². The van der Waals surface area contributed by atoms with Gasteiger partial charge < -0.3 is 23.6 Å². The zero-order valence-electron chi connectivity index (χ0n) is 22.9. The molecule has 1 N–H and O–H groups in total. The minimum absolute atomic E-state index is 0.274. The maximum absolute atomic E-state index is 12.9. The van der Waals surface area contributed by atoms with E-state index in [1.54, 1.807) is 6.07 Å². The minimum atomic E-state index is -1.35. The third kappa shape index (κ3) is 4.88. The summed E-state index contributed by atoms with van der Waals surface area (Å²) in [5, 5.41) is 15.1. The Morgan fingerprint density at radius 2 is 1.85 bits per heavy atom. The molecule has 212 valence electrons. The van der Waals surface area contributed by atoms with Crippen molar-refractivity contribution in [3.05, 3.63) is 70.0 Å². The number of carboxylic acid groups (broad SMARTS) is 1. The Morgan fingerprint density at radius 3 is 2.66 bits per heavy atom. The standard InChI is InChI=1S/C32H33N3O6/c36-31-35(18-20-12-14-39-15-13-20)33-30(41-31)23-16-22-8-4-5-9-25(22)29-28(21-6-2-1-3-7-21)26-11-10-24(40-32(37)38)17-27(26)34(29)19-23/h4-5,8-11,16-17,20-21H,1-3,6-7,12-15,18-19H2,(H,37,38). The molecule has 1 saturated heterocycles. The molecule has 0 amide bonds.